The molecule has 114 valence electrons. The Hall–Kier alpha value is -1.55. The summed E-state index contributed by atoms with van der Waals surface area (Å²) < 4.78 is 5.36. The average Bonchev–Trinajstić information content (AvgIpc) is 2.57. The Morgan fingerprint density at radius 1 is 1.05 bits per heavy atom. The summed E-state index contributed by atoms with van der Waals surface area (Å²) in [6.07, 6.45) is 6.03. The maximum Gasteiger partial charge on any atom is 0.251 e. The quantitative estimate of drug-likeness (QED) is 0.929. The molecule has 1 aliphatic heterocycles. The van der Waals surface area contributed by atoms with Gasteiger partial charge in [-0.05, 0) is 37.1 Å². The molecule has 1 aromatic carbocycles. The molecule has 1 saturated heterocycles. The SMILES string of the molecule is O=C(NC1CCCCC1)c1ccc(N2CCOCC2)cc1. The van der Waals surface area contributed by atoms with Crippen LogP contribution < -0.4 is 10.2 Å². The summed E-state index contributed by atoms with van der Waals surface area (Å²) in [5, 5.41) is 3.16. The van der Waals surface area contributed by atoms with Crippen molar-refractivity contribution in [3.05, 3.63) is 29.8 Å². The third kappa shape index (κ3) is 3.76. The van der Waals surface area contributed by atoms with E-state index in [-0.39, 0.29) is 5.91 Å². The Morgan fingerprint density at radius 2 is 1.71 bits per heavy atom. The lowest BCUT2D eigenvalue weighted by molar-refractivity contribution is 0.0927. The van der Waals surface area contributed by atoms with E-state index in [0.29, 0.717) is 6.04 Å². The van der Waals surface area contributed by atoms with Gasteiger partial charge in [-0.1, -0.05) is 19.3 Å². The molecule has 0 spiro atoms. The molecule has 2 fully saturated rings. The van der Waals surface area contributed by atoms with Gasteiger partial charge in [0, 0.05) is 30.4 Å². The Bertz CT molecular complexity index is 460. The fraction of sp³-hybridized carbons (Fsp3) is 0.588. The van der Waals surface area contributed by atoms with Crippen molar-refractivity contribution >= 4 is 11.6 Å². The molecule has 0 bridgehead atoms. The van der Waals surface area contributed by atoms with Crippen LogP contribution in [0.1, 0.15) is 42.5 Å². The number of nitrogens with one attached hydrogen (secondary N) is 1. The molecule has 4 nitrogen and oxygen atoms in total. The highest BCUT2D eigenvalue weighted by molar-refractivity contribution is 5.94. The van der Waals surface area contributed by atoms with Crippen LogP contribution in [0.3, 0.4) is 0 Å². The monoisotopic (exact) mass is 288 g/mol. The van der Waals surface area contributed by atoms with Crippen molar-refractivity contribution in [2.45, 2.75) is 38.1 Å². The van der Waals surface area contributed by atoms with Gasteiger partial charge in [0.05, 0.1) is 13.2 Å². The number of anilines is 1. The molecule has 4 heteroatoms. The van der Waals surface area contributed by atoms with Gasteiger partial charge in [0.1, 0.15) is 0 Å². The van der Waals surface area contributed by atoms with Crippen molar-refractivity contribution in [2.75, 3.05) is 31.2 Å². The van der Waals surface area contributed by atoms with E-state index in [1.54, 1.807) is 0 Å². The number of rotatable bonds is 3. The molecule has 1 heterocycles. The highest BCUT2D eigenvalue weighted by Gasteiger charge is 2.17. The van der Waals surface area contributed by atoms with E-state index in [1.165, 1.54) is 24.9 Å². The molecular formula is C17H24N2O2. The Kier molecular flexibility index (Phi) is 4.76. The molecule has 1 N–H and O–H groups in total. The lowest BCUT2D eigenvalue weighted by Gasteiger charge is -2.29. The maximum absolute atomic E-state index is 12.3. The van der Waals surface area contributed by atoms with Crippen LogP contribution in [0.25, 0.3) is 0 Å². The van der Waals surface area contributed by atoms with E-state index in [4.69, 9.17) is 4.74 Å². The van der Waals surface area contributed by atoms with Crippen LogP contribution in [0.15, 0.2) is 24.3 Å². The zero-order chi connectivity index (χ0) is 14.5. The Labute approximate surface area is 126 Å². The molecule has 1 amide bonds. The third-order valence-electron chi connectivity index (χ3n) is 4.45. The lowest BCUT2D eigenvalue weighted by Crippen LogP contribution is -2.37. The first-order valence-corrected chi connectivity index (χ1v) is 8.06. The first kappa shape index (κ1) is 14.4. The number of carbonyl (C=O) groups is 1. The number of carbonyl (C=O) groups excluding carboxylic acids is 1. The molecule has 1 saturated carbocycles. The van der Waals surface area contributed by atoms with E-state index in [9.17, 15) is 4.79 Å². The van der Waals surface area contributed by atoms with Crippen LogP contribution >= 0.6 is 0 Å². The third-order valence-corrected chi connectivity index (χ3v) is 4.45. The van der Waals surface area contributed by atoms with Crippen molar-refractivity contribution in [3.8, 4) is 0 Å². The Balaban J connectivity index is 1.58. The smallest absolute Gasteiger partial charge is 0.251 e. The minimum Gasteiger partial charge on any atom is -0.378 e. The molecule has 0 atom stereocenters. The van der Waals surface area contributed by atoms with Gasteiger partial charge in [-0.25, -0.2) is 0 Å². The van der Waals surface area contributed by atoms with Gasteiger partial charge in [-0.2, -0.15) is 0 Å². The summed E-state index contributed by atoms with van der Waals surface area (Å²) in [6.45, 7) is 3.41. The van der Waals surface area contributed by atoms with Crippen molar-refractivity contribution in [1.29, 1.82) is 0 Å². The van der Waals surface area contributed by atoms with Crippen LogP contribution in [0.2, 0.25) is 0 Å². The summed E-state index contributed by atoms with van der Waals surface area (Å²) in [5.74, 6) is 0.0652. The van der Waals surface area contributed by atoms with Crippen LogP contribution in [-0.2, 0) is 4.74 Å². The van der Waals surface area contributed by atoms with E-state index >= 15 is 0 Å². The summed E-state index contributed by atoms with van der Waals surface area (Å²) >= 11 is 0. The minimum atomic E-state index is 0.0652. The van der Waals surface area contributed by atoms with E-state index in [2.05, 4.69) is 10.2 Å². The molecule has 21 heavy (non-hydrogen) atoms. The molecule has 0 radical (unpaired) electrons. The molecule has 3 rings (SSSR count). The van der Waals surface area contributed by atoms with Gasteiger partial charge >= 0.3 is 0 Å². The molecular weight excluding hydrogens is 264 g/mol. The average molecular weight is 288 g/mol. The molecule has 0 aromatic heterocycles. The molecule has 1 aromatic rings. The van der Waals surface area contributed by atoms with Crippen LogP contribution in [0.4, 0.5) is 5.69 Å². The van der Waals surface area contributed by atoms with Crippen LogP contribution in [0, 0.1) is 0 Å². The second-order valence-corrected chi connectivity index (χ2v) is 5.95. The standard InChI is InChI=1S/C17H24N2O2/c20-17(18-15-4-2-1-3-5-15)14-6-8-16(9-7-14)19-10-12-21-13-11-19/h6-9,15H,1-5,10-13H2,(H,18,20). The van der Waals surface area contributed by atoms with Gasteiger partial charge in [-0.3, -0.25) is 4.79 Å². The minimum absolute atomic E-state index is 0.0652. The fourth-order valence-corrected chi connectivity index (χ4v) is 3.16. The first-order chi connectivity index (χ1) is 10.3. The molecule has 2 aliphatic rings. The molecule has 1 aliphatic carbocycles. The van der Waals surface area contributed by atoms with Crippen molar-refractivity contribution < 1.29 is 9.53 Å². The molecule has 0 unspecified atom stereocenters. The first-order valence-electron chi connectivity index (χ1n) is 8.06. The van der Waals surface area contributed by atoms with Gasteiger partial charge in [-0.15, -0.1) is 0 Å². The lowest BCUT2D eigenvalue weighted by atomic mass is 9.95. The van der Waals surface area contributed by atoms with Crippen molar-refractivity contribution in [3.63, 3.8) is 0 Å². The van der Waals surface area contributed by atoms with Crippen molar-refractivity contribution in [2.24, 2.45) is 0 Å². The summed E-state index contributed by atoms with van der Waals surface area (Å²) in [5.41, 5.74) is 1.94. The van der Waals surface area contributed by atoms with E-state index < -0.39 is 0 Å². The number of amides is 1. The number of hydrogen-bond donors (Lipinski definition) is 1. The predicted octanol–water partition coefficient (Wildman–Crippen LogP) is 2.59. The second-order valence-electron chi connectivity index (χ2n) is 5.95. The highest BCUT2D eigenvalue weighted by atomic mass is 16.5. The maximum atomic E-state index is 12.3. The predicted molar refractivity (Wildman–Crippen MR) is 83.8 cm³/mol. The second kappa shape index (κ2) is 6.94. The zero-order valence-electron chi connectivity index (χ0n) is 12.5. The normalized spacial score (nSPS) is 20.3. The van der Waals surface area contributed by atoms with Gasteiger partial charge in [0.2, 0.25) is 0 Å². The topological polar surface area (TPSA) is 41.6 Å². The summed E-state index contributed by atoms with van der Waals surface area (Å²) in [7, 11) is 0. The number of ether oxygens (including phenoxy) is 1. The number of hydrogen-bond acceptors (Lipinski definition) is 3. The van der Waals surface area contributed by atoms with E-state index in [0.717, 1.165) is 44.7 Å². The number of morpholine rings is 1. The van der Waals surface area contributed by atoms with Gasteiger partial charge < -0.3 is 15.0 Å². The van der Waals surface area contributed by atoms with Crippen LogP contribution in [-0.4, -0.2) is 38.3 Å². The van der Waals surface area contributed by atoms with Crippen LogP contribution in [0.5, 0.6) is 0 Å². The fourth-order valence-electron chi connectivity index (χ4n) is 3.16. The van der Waals surface area contributed by atoms with Gasteiger partial charge in [0.15, 0.2) is 0 Å². The largest absolute Gasteiger partial charge is 0.378 e. The van der Waals surface area contributed by atoms with Gasteiger partial charge in [0.25, 0.3) is 5.91 Å². The highest BCUT2D eigenvalue weighted by Crippen LogP contribution is 2.19. The zero-order valence-corrected chi connectivity index (χ0v) is 12.5. The van der Waals surface area contributed by atoms with Crippen molar-refractivity contribution in [1.82, 2.24) is 5.32 Å². The number of benzene rings is 1. The Morgan fingerprint density at radius 3 is 2.38 bits per heavy atom. The summed E-state index contributed by atoms with van der Waals surface area (Å²) in [4.78, 5) is 14.6. The summed E-state index contributed by atoms with van der Waals surface area (Å²) in [6, 6.07) is 8.32. The van der Waals surface area contributed by atoms with E-state index in [1.807, 2.05) is 24.3 Å². The number of nitrogens with zero attached hydrogens (tertiary/aromatic N) is 1.